The van der Waals surface area contributed by atoms with Crippen molar-refractivity contribution in [3.8, 4) is 11.5 Å². The van der Waals surface area contributed by atoms with E-state index in [1.165, 1.54) is 12.1 Å². The molecule has 238 valence electrons. The molecule has 3 aliphatic heterocycles. The highest BCUT2D eigenvalue weighted by molar-refractivity contribution is 7.90. The second kappa shape index (κ2) is 13.6. The number of nitrogens with one attached hydrogen (secondary N) is 1. The number of piperidine rings is 2. The zero-order valence-corrected chi connectivity index (χ0v) is 26.7. The quantitative estimate of drug-likeness (QED) is 0.554. The number of aryl methyl sites for hydroxylation is 2. The number of carbonyl (C=O) groups excluding carboxylic acids is 3. The van der Waals surface area contributed by atoms with Crippen LogP contribution in [0.1, 0.15) is 60.0 Å². The number of nitrogens with zero attached hydrogens (tertiary/aromatic N) is 2. The Hall–Kier alpha value is -3.60. The number of ether oxygens (including phenoxy) is 2. The normalized spacial score (nSPS) is 23.4. The highest BCUT2D eigenvalue weighted by atomic mass is 32.2. The van der Waals surface area contributed by atoms with Crippen LogP contribution in [-0.2, 0) is 32.3 Å². The Morgan fingerprint density at radius 2 is 1.70 bits per heavy atom. The number of rotatable bonds is 4. The van der Waals surface area contributed by atoms with E-state index in [0.29, 0.717) is 75.3 Å². The average molecular weight is 626 g/mol. The van der Waals surface area contributed by atoms with Gasteiger partial charge in [-0.2, -0.15) is 0 Å². The van der Waals surface area contributed by atoms with Crippen LogP contribution in [0, 0.1) is 11.8 Å². The van der Waals surface area contributed by atoms with Gasteiger partial charge in [-0.1, -0.05) is 6.07 Å². The van der Waals surface area contributed by atoms with Crippen molar-refractivity contribution in [2.75, 3.05) is 46.7 Å². The number of hydrogen-bond acceptors (Lipinski definition) is 7. The van der Waals surface area contributed by atoms with Crippen molar-refractivity contribution in [2.45, 2.75) is 62.3 Å². The van der Waals surface area contributed by atoms with Crippen LogP contribution in [0.2, 0.25) is 0 Å². The van der Waals surface area contributed by atoms with Crippen LogP contribution >= 0.6 is 0 Å². The molecular weight excluding hydrogens is 582 g/mol. The Morgan fingerprint density at radius 3 is 2.41 bits per heavy atom. The van der Waals surface area contributed by atoms with E-state index in [0.717, 1.165) is 36.6 Å². The van der Waals surface area contributed by atoms with Crippen molar-refractivity contribution >= 4 is 27.6 Å². The summed E-state index contributed by atoms with van der Waals surface area (Å²) in [5.41, 5.74) is 2.46. The zero-order valence-electron chi connectivity index (χ0n) is 25.8. The molecule has 11 heteroatoms. The van der Waals surface area contributed by atoms with E-state index in [4.69, 9.17) is 9.47 Å². The summed E-state index contributed by atoms with van der Waals surface area (Å²) in [6.07, 6.45) is 6.23. The predicted molar refractivity (Wildman–Crippen MR) is 166 cm³/mol. The van der Waals surface area contributed by atoms with Gasteiger partial charge < -0.3 is 24.6 Å². The molecule has 2 fully saturated rings. The molecule has 0 saturated carbocycles. The minimum absolute atomic E-state index is 0.0000539. The van der Waals surface area contributed by atoms with Crippen molar-refractivity contribution in [3.05, 3.63) is 53.1 Å². The van der Waals surface area contributed by atoms with E-state index >= 15 is 0 Å². The summed E-state index contributed by atoms with van der Waals surface area (Å²) in [6.45, 7) is 2.19. The first kappa shape index (κ1) is 31.8. The van der Waals surface area contributed by atoms with Gasteiger partial charge in [-0.05, 0) is 91.8 Å². The van der Waals surface area contributed by atoms with Crippen LogP contribution in [0.5, 0.6) is 11.5 Å². The first-order valence-corrected chi connectivity index (χ1v) is 17.4. The SMILES string of the molecule is COc1cc2cc(c1OC)CCCNC(=O)CCC[C@H]1[C@@H]3C[C@@H](CN(C(=O)c4ccc(S(C)(=O)=O)cc4)C3)CN1C(=O)CC2. The molecule has 1 N–H and O–H groups in total. The molecule has 3 atom stereocenters. The van der Waals surface area contributed by atoms with Crippen molar-refractivity contribution in [3.63, 3.8) is 0 Å². The lowest BCUT2D eigenvalue weighted by atomic mass is 9.77. The maximum Gasteiger partial charge on any atom is 0.253 e. The minimum atomic E-state index is -3.35. The van der Waals surface area contributed by atoms with Gasteiger partial charge in [-0.25, -0.2) is 8.42 Å². The molecule has 3 amide bonds. The number of methoxy groups -OCH3 is 2. The van der Waals surface area contributed by atoms with Gasteiger partial charge in [0.2, 0.25) is 11.8 Å². The summed E-state index contributed by atoms with van der Waals surface area (Å²) in [6, 6.07) is 10.0. The second-order valence-electron chi connectivity index (χ2n) is 12.3. The summed E-state index contributed by atoms with van der Waals surface area (Å²) in [5.74, 6) is 1.53. The number of fused-ring (bicyclic) bond motifs is 6. The van der Waals surface area contributed by atoms with Crippen LogP contribution in [0.15, 0.2) is 41.3 Å². The molecule has 0 aliphatic carbocycles. The molecule has 0 unspecified atom stereocenters. The summed E-state index contributed by atoms with van der Waals surface area (Å²) in [5, 5.41) is 3.03. The van der Waals surface area contributed by atoms with Gasteiger partial charge in [0.15, 0.2) is 21.3 Å². The molecule has 0 radical (unpaired) electrons. The summed E-state index contributed by atoms with van der Waals surface area (Å²) in [7, 11) is -0.124. The van der Waals surface area contributed by atoms with Crippen LogP contribution in [0.3, 0.4) is 0 Å². The van der Waals surface area contributed by atoms with Crippen molar-refractivity contribution in [1.82, 2.24) is 15.1 Å². The lowest BCUT2D eigenvalue weighted by Gasteiger charge is -2.51. The Labute approximate surface area is 260 Å². The van der Waals surface area contributed by atoms with E-state index in [1.54, 1.807) is 26.4 Å². The number of likely N-dealkylation sites (tertiary alicyclic amines) is 1. The lowest BCUT2D eigenvalue weighted by molar-refractivity contribution is -0.140. The van der Waals surface area contributed by atoms with E-state index in [-0.39, 0.29) is 40.5 Å². The fourth-order valence-electron chi connectivity index (χ4n) is 7.10. The number of carbonyl (C=O) groups is 3. The molecule has 0 spiro atoms. The van der Waals surface area contributed by atoms with Gasteiger partial charge in [0.1, 0.15) is 0 Å². The lowest BCUT2D eigenvalue weighted by Crippen LogP contribution is -2.60. The third kappa shape index (κ3) is 7.20. The molecule has 0 aromatic heterocycles. The van der Waals surface area contributed by atoms with E-state index < -0.39 is 9.84 Å². The average Bonchev–Trinajstić information content (AvgIpc) is 3.01. The zero-order chi connectivity index (χ0) is 31.4. The fourth-order valence-corrected chi connectivity index (χ4v) is 7.73. The molecule has 3 aliphatic rings. The number of amides is 3. The Kier molecular flexibility index (Phi) is 9.82. The smallest absolute Gasteiger partial charge is 0.253 e. The van der Waals surface area contributed by atoms with Crippen molar-refractivity contribution < 1.29 is 32.3 Å². The van der Waals surface area contributed by atoms with Crippen LogP contribution in [-0.4, -0.2) is 88.6 Å². The maximum absolute atomic E-state index is 13.8. The summed E-state index contributed by atoms with van der Waals surface area (Å²) >= 11 is 0. The van der Waals surface area contributed by atoms with Crippen LogP contribution in [0.4, 0.5) is 0 Å². The second-order valence-corrected chi connectivity index (χ2v) is 14.3. The molecule has 10 nitrogen and oxygen atoms in total. The standard InChI is InChI=1S/C33H43N3O7S/c1-42-29-18-22-9-14-31(38)36-20-23-17-26(21-35(19-23)33(39)24-10-12-27(13-11-24)44(3,40)41)28(36)7-4-8-30(37)34-15-5-6-25(16-22)32(29)43-2/h10-13,16,18,23,26,28H,4-9,14-15,17,19-21H2,1-3H3,(H,34,37)/t23-,26+,28-/m0/s1. The molecule has 3 heterocycles. The molecular formula is C33H43N3O7S. The van der Waals surface area contributed by atoms with E-state index in [2.05, 4.69) is 11.4 Å². The van der Waals surface area contributed by atoms with Crippen LogP contribution < -0.4 is 14.8 Å². The number of sulfone groups is 1. The molecule has 5 rings (SSSR count). The van der Waals surface area contributed by atoms with Gasteiger partial charge in [-0.15, -0.1) is 0 Å². The van der Waals surface area contributed by atoms with E-state index in [1.807, 2.05) is 15.9 Å². The van der Waals surface area contributed by atoms with Gasteiger partial charge in [0.05, 0.1) is 19.1 Å². The third-order valence-corrected chi connectivity index (χ3v) is 10.3. The van der Waals surface area contributed by atoms with E-state index in [9.17, 15) is 22.8 Å². The molecule has 2 aromatic rings. The first-order valence-electron chi connectivity index (χ1n) is 15.5. The molecule has 2 saturated heterocycles. The third-order valence-electron chi connectivity index (χ3n) is 9.20. The summed E-state index contributed by atoms with van der Waals surface area (Å²) < 4.78 is 35.0. The first-order chi connectivity index (χ1) is 21.1. The Balaban J connectivity index is 1.36. The number of hydrogen-bond donors (Lipinski definition) is 1. The molecule has 44 heavy (non-hydrogen) atoms. The Morgan fingerprint density at radius 1 is 0.932 bits per heavy atom. The summed E-state index contributed by atoms with van der Waals surface area (Å²) in [4.78, 5) is 44.0. The van der Waals surface area contributed by atoms with Gasteiger partial charge in [-0.3, -0.25) is 14.4 Å². The Bertz CT molecular complexity index is 1490. The van der Waals surface area contributed by atoms with Crippen molar-refractivity contribution in [2.24, 2.45) is 11.8 Å². The number of benzene rings is 2. The maximum atomic E-state index is 13.8. The fraction of sp³-hybridized carbons (Fsp3) is 0.545. The van der Waals surface area contributed by atoms with Crippen molar-refractivity contribution in [1.29, 1.82) is 0 Å². The molecule has 2 aromatic carbocycles. The minimum Gasteiger partial charge on any atom is -0.493 e. The highest BCUT2D eigenvalue weighted by Gasteiger charge is 2.43. The van der Waals surface area contributed by atoms with Gasteiger partial charge in [0.25, 0.3) is 5.91 Å². The van der Waals surface area contributed by atoms with Gasteiger partial charge in [0, 0.05) is 56.9 Å². The van der Waals surface area contributed by atoms with Gasteiger partial charge >= 0.3 is 0 Å². The topological polar surface area (TPSA) is 122 Å². The van der Waals surface area contributed by atoms with Crippen LogP contribution in [0.25, 0.3) is 0 Å². The largest absolute Gasteiger partial charge is 0.493 e. The highest BCUT2D eigenvalue weighted by Crippen LogP contribution is 2.37. The predicted octanol–water partition coefficient (Wildman–Crippen LogP) is 3.26. The molecule has 4 bridgehead atoms. The monoisotopic (exact) mass is 625 g/mol.